The molecule has 0 heterocycles. The fourth-order valence-corrected chi connectivity index (χ4v) is 2.01. The molecular weight excluding hydrogens is 292 g/mol. The lowest BCUT2D eigenvalue weighted by Gasteiger charge is -2.19. The second-order valence-electron chi connectivity index (χ2n) is 3.55. The summed E-state index contributed by atoms with van der Waals surface area (Å²) in [6.07, 6.45) is 0. The van der Waals surface area contributed by atoms with E-state index in [4.69, 9.17) is 4.74 Å². The van der Waals surface area contributed by atoms with Crippen molar-refractivity contribution >= 4 is 15.9 Å². The van der Waals surface area contributed by atoms with E-state index in [-0.39, 0.29) is 12.2 Å². The van der Waals surface area contributed by atoms with Gasteiger partial charge in [-0.1, -0.05) is 22.9 Å². The molecule has 0 amide bonds. The minimum absolute atomic E-state index is 0.0310. The molecule has 0 aromatic heterocycles. The molecule has 0 saturated carbocycles. The van der Waals surface area contributed by atoms with Gasteiger partial charge in [0.15, 0.2) is 0 Å². The molecule has 0 aliphatic heterocycles. The summed E-state index contributed by atoms with van der Waals surface area (Å²) in [5.41, 5.74) is 0.0310. The zero-order valence-corrected chi connectivity index (χ0v) is 11.5. The van der Waals surface area contributed by atoms with Gasteiger partial charge in [-0.25, -0.2) is 8.78 Å². The van der Waals surface area contributed by atoms with E-state index in [2.05, 4.69) is 21.2 Å². The Morgan fingerprint density at radius 3 is 2.35 bits per heavy atom. The van der Waals surface area contributed by atoms with Gasteiger partial charge in [0.05, 0.1) is 12.6 Å². The molecule has 1 atom stereocenters. The number of hydrogen-bond acceptors (Lipinski definition) is 2. The van der Waals surface area contributed by atoms with Crippen molar-refractivity contribution in [2.45, 2.75) is 19.9 Å². The summed E-state index contributed by atoms with van der Waals surface area (Å²) in [5, 5.41) is 3.01. The number of rotatable bonds is 6. The van der Waals surface area contributed by atoms with E-state index in [0.29, 0.717) is 17.6 Å². The minimum Gasteiger partial charge on any atom is -0.380 e. The minimum atomic E-state index is -0.567. The van der Waals surface area contributed by atoms with Crippen LogP contribution in [0.5, 0.6) is 0 Å². The Kier molecular flexibility index (Phi) is 6.02. The average Bonchev–Trinajstić information content (AvgIpc) is 2.24. The zero-order chi connectivity index (χ0) is 12.8. The first-order valence-corrected chi connectivity index (χ1v) is 6.35. The summed E-state index contributed by atoms with van der Waals surface area (Å²) < 4.78 is 33.1. The van der Waals surface area contributed by atoms with E-state index in [1.807, 2.05) is 13.8 Å². The lowest BCUT2D eigenvalue weighted by molar-refractivity contribution is 0.121. The van der Waals surface area contributed by atoms with Crippen molar-refractivity contribution in [1.82, 2.24) is 5.32 Å². The van der Waals surface area contributed by atoms with Gasteiger partial charge in [-0.05, 0) is 25.6 Å². The Labute approximate surface area is 108 Å². The maximum Gasteiger partial charge on any atom is 0.132 e. The predicted octanol–water partition coefficient (Wildman–Crippen LogP) is 3.41. The zero-order valence-electron chi connectivity index (χ0n) is 9.90. The van der Waals surface area contributed by atoms with Gasteiger partial charge in [-0.15, -0.1) is 0 Å². The van der Waals surface area contributed by atoms with Crippen LogP contribution in [-0.4, -0.2) is 19.8 Å². The summed E-state index contributed by atoms with van der Waals surface area (Å²) in [7, 11) is 0. The third-order valence-electron chi connectivity index (χ3n) is 2.33. The molecule has 1 aromatic rings. The largest absolute Gasteiger partial charge is 0.380 e. The molecule has 0 aliphatic carbocycles. The van der Waals surface area contributed by atoms with Crippen molar-refractivity contribution < 1.29 is 13.5 Å². The molecule has 0 radical (unpaired) electrons. The van der Waals surface area contributed by atoms with Crippen molar-refractivity contribution in [3.05, 3.63) is 33.8 Å². The van der Waals surface area contributed by atoms with Crippen molar-refractivity contribution in [3.63, 3.8) is 0 Å². The summed E-state index contributed by atoms with van der Waals surface area (Å²) in [6.45, 7) is 5.11. The summed E-state index contributed by atoms with van der Waals surface area (Å²) in [4.78, 5) is 0. The molecule has 0 bridgehead atoms. The molecule has 0 spiro atoms. The lowest BCUT2D eigenvalue weighted by atomic mass is 10.1. The topological polar surface area (TPSA) is 21.3 Å². The third-order valence-corrected chi connectivity index (χ3v) is 2.79. The molecule has 2 nitrogen and oxygen atoms in total. The van der Waals surface area contributed by atoms with Gasteiger partial charge in [-0.2, -0.15) is 0 Å². The molecule has 17 heavy (non-hydrogen) atoms. The smallest absolute Gasteiger partial charge is 0.132 e. The second-order valence-corrected chi connectivity index (χ2v) is 4.47. The van der Waals surface area contributed by atoms with E-state index in [1.54, 1.807) is 0 Å². The molecule has 1 aromatic carbocycles. The van der Waals surface area contributed by atoms with Gasteiger partial charge in [0.2, 0.25) is 0 Å². The number of ether oxygens (including phenoxy) is 1. The summed E-state index contributed by atoms with van der Waals surface area (Å²) in [6, 6.07) is 2.05. The first kappa shape index (κ1) is 14.5. The van der Waals surface area contributed by atoms with Crippen LogP contribution in [0.4, 0.5) is 8.78 Å². The van der Waals surface area contributed by atoms with Gasteiger partial charge in [0, 0.05) is 16.6 Å². The highest BCUT2D eigenvalue weighted by atomic mass is 79.9. The van der Waals surface area contributed by atoms with Crippen LogP contribution in [-0.2, 0) is 4.74 Å². The fraction of sp³-hybridized carbons (Fsp3) is 0.500. The van der Waals surface area contributed by atoms with Crippen LogP contribution in [0.1, 0.15) is 25.5 Å². The van der Waals surface area contributed by atoms with E-state index < -0.39 is 17.7 Å². The van der Waals surface area contributed by atoms with Crippen LogP contribution in [0, 0.1) is 11.6 Å². The van der Waals surface area contributed by atoms with Crippen molar-refractivity contribution in [3.8, 4) is 0 Å². The van der Waals surface area contributed by atoms with Crippen LogP contribution >= 0.6 is 15.9 Å². The lowest BCUT2D eigenvalue weighted by Crippen LogP contribution is -2.27. The molecule has 0 aliphatic rings. The van der Waals surface area contributed by atoms with E-state index in [1.165, 1.54) is 12.1 Å². The molecule has 5 heteroatoms. The standard InChI is InChI=1S/C12H16BrF2NO/c1-3-16-11(7-17-4-2)12-9(14)5-8(13)6-10(12)15/h5-6,11,16H,3-4,7H2,1-2H3. The van der Waals surface area contributed by atoms with Crippen LogP contribution in [0.2, 0.25) is 0 Å². The van der Waals surface area contributed by atoms with Crippen molar-refractivity contribution in [2.24, 2.45) is 0 Å². The second kappa shape index (κ2) is 7.03. The molecular formula is C12H16BrF2NO. The predicted molar refractivity (Wildman–Crippen MR) is 67.0 cm³/mol. The summed E-state index contributed by atoms with van der Waals surface area (Å²) in [5.74, 6) is -1.13. The number of halogens is 3. The van der Waals surface area contributed by atoms with Gasteiger partial charge in [0.1, 0.15) is 11.6 Å². The molecule has 1 unspecified atom stereocenters. The van der Waals surface area contributed by atoms with Crippen LogP contribution in [0.15, 0.2) is 16.6 Å². The monoisotopic (exact) mass is 307 g/mol. The summed E-state index contributed by atoms with van der Waals surface area (Å²) >= 11 is 3.06. The maximum atomic E-state index is 13.7. The number of nitrogens with one attached hydrogen (secondary N) is 1. The average molecular weight is 308 g/mol. The molecule has 1 rings (SSSR count). The highest BCUT2D eigenvalue weighted by molar-refractivity contribution is 9.10. The first-order chi connectivity index (χ1) is 8.10. The fourth-order valence-electron chi connectivity index (χ4n) is 1.61. The highest BCUT2D eigenvalue weighted by Gasteiger charge is 2.20. The van der Waals surface area contributed by atoms with Gasteiger partial charge < -0.3 is 10.1 Å². The van der Waals surface area contributed by atoms with E-state index >= 15 is 0 Å². The quantitative estimate of drug-likeness (QED) is 0.869. The highest BCUT2D eigenvalue weighted by Crippen LogP contribution is 2.25. The Bertz CT molecular complexity index is 351. The normalized spacial score (nSPS) is 12.8. The van der Waals surface area contributed by atoms with Crippen molar-refractivity contribution in [2.75, 3.05) is 19.8 Å². The first-order valence-electron chi connectivity index (χ1n) is 5.55. The van der Waals surface area contributed by atoms with Gasteiger partial charge in [0.25, 0.3) is 0 Å². The molecule has 0 fully saturated rings. The molecule has 1 N–H and O–H groups in total. The van der Waals surface area contributed by atoms with Crippen LogP contribution in [0.3, 0.4) is 0 Å². The number of hydrogen-bond donors (Lipinski definition) is 1. The van der Waals surface area contributed by atoms with Gasteiger partial charge in [-0.3, -0.25) is 0 Å². The Hall–Kier alpha value is -0.520. The van der Waals surface area contributed by atoms with Crippen molar-refractivity contribution in [1.29, 1.82) is 0 Å². The Morgan fingerprint density at radius 1 is 1.29 bits per heavy atom. The Morgan fingerprint density at radius 2 is 1.88 bits per heavy atom. The van der Waals surface area contributed by atoms with E-state index in [9.17, 15) is 8.78 Å². The molecule has 96 valence electrons. The van der Waals surface area contributed by atoms with Crippen LogP contribution in [0.25, 0.3) is 0 Å². The third kappa shape index (κ3) is 4.01. The van der Waals surface area contributed by atoms with Crippen LogP contribution < -0.4 is 5.32 Å². The SMILES string of the molecule is CCNC(COCC)c1c(F)cc(Br)cc1F. The Balaban J connectivity index is 3.00. The van der Waals surface area contributed by atoms with E-state index in [0.717, 1.165) is 0 Å². The van der Waals surface area contributed by atoms with Gasteiger partial charge >= 0.3 is 0 Å². The maximum absolute atomic E-state index is 13.7. The number of likely N-dealkylation sites (N-methyl/N-ethyl adjacent to an activating group) is 1. The molecule has 0 saturated heterocycles. The number of benzene rings is 1.